The smallest absolute Gasteiger partial charge is 0.258 e. The normalized spacial score (nSPS) is 12.3. The first kappa shape index (κ1) is 17.4. The van der Waals surface area contributed by atoms with Crippen LogP contribution in [0.2, 0.25) is 0 Å². The van der Waals surface area contributed by atoms with Crippen molar-refractivity contribution in [1.82, 2.24) is 9.44 Å². The highest BCUT2D eigenvalue weighted by atomic mass is 32.2. The largest absolute Gasteiger partial charge is 0.324 e. The van der Waals surface area contributed by atoms with E-state index in [2.05, 4.69) is 0 Å². The Morgan fingerprint density at radius 1 is 1.29 bits per heavy atom. The number of rotatable bonds is 7. The summed E-state index contributed by atoms with van der Waals surface area (Å²) < 4.78 is 63.2. The summed E-state index contributed by atoms with van der Waals surface area (Å²) in [6.45, 7) is -0.515. The van der Waals surface area contributed by atoms with E-state index in [-0.39, 0.29) is 0 Å². The lowest BCUT2D eigenvalue weighted by Gasteiger charge is -2.07. The number of benzene rings is 1. The molecule has 0 aliphatic rings. The van der Waals surface area contributed by atoms with Gasteiger partial charge in [-0.3, -0.25) is 10.1 Å². The predicted molar refractivity (Wildman–Crippen MR) is 71.1 cm³/mol. The van der Waals surface area contributed by atoms with Gasteiger partial charge in [0.25, 0.3) is 0 Å². The van der Waals surface area contributed by atoms with Gasteiger partial charge in [-0.25, -0.2) is 26.3 Å². The van der Waals surface area contributed by atoms with Crippen molar-refractivity contribution in [1.29, 1.82) is 0 Å². The first-order valence-corrected chi connectivity index (χ1v) is 8.58. The highest BCUT2D eigenvalue weighted by molar-refractivity contribution is 7.90. The molecule has 0 aromatic heterocycles. The van der Waals surface area contributed by atoms with Gasteiger partial charge >= 0.3 is 5.69 Å². The van der Waals surface area contributed by atoms with Crippen LogP contribution in [0, 0.1) is 15.9 Å². The molecular weight excluding hydrogens is 329 g/mol. The van der Waals surface area contributed by atoms with Crippen LogP contribution in [0.5, 0.6) is 0 Å². The number of para-hydroxylation sites is 1. The van der Waals surface area contributed by atoms with E-state index in [9.17, 15) is 31.3 Å². The first-order chi connectivity index (χ1) is 9.60. The van der Waals surface area contributed by atoms with Crippen LogP contribution in [0.15, 0.2) is 23.1 Å². The van der Waals surface area contributed by atoms with E-state index in [1.54, 1.807) is 0 Å². The number of nitrogens with zero attached hydrogens (tertiary/aromatic N) is 1. The number of nitro benzene ring substituents is 1. The Bertz CT molecular complexity index is 747. The SMILES string of the molecule is CNS(=O)(=O)CCNS(=O)(=O)c1cccc(F)c1[N+](=O)[O-]. The molecule has 0 amide bonds. The summed E-state index contributed by atoms with van der Waals surface area (Å²) >= 11 is 0. The third-order valence-electron chi connectivity index (χ3n) is 2.40. The Kier molecular flexibility index (Phi) is 5.33. The number of halogens is 1. The zero-order chi connectivity index (χ0) is 16.3. The maximum absolute atomic E-state index is 13.4. The summed E-state index contributed by atoms with van der Waals surface area (Å²) in [5.74, 6) is -1.86. The van der Waals surface area contributed by atoms with Crippen molar-refractivity contribution in [3.05, 3.63) is 34.1 Å². The number of nitrogens with one attached hydrogen (secondary N) is 2. The molecule has 21 heavy (non-hydrogen) atoms. The number of hydrogen-bond acceptors (Lipinski definition) is 6. The van der Waals surface area contributed by atoms with Crippen molar-refractivity contribution in [2.24, 2.45) is 0 Å². The summed E-state index contributed by atoms with van der Waals surface area (Å²) in [5.41, 5.74) is -1.19. The number of nitro groups is 1. The van der Waals surface area contributed by atoms with Gasteiger partial charge in [0.1, 0.15) is 0 Å². The second-order valence-corrected chi connectivity index (χ2v) is 7.55. The molecule has 2 N–H and O–H groups in total. The summed E-state index contributed by atoms with van der Waals surface area (Å²) in [4.78, 5) is 8.71. The molecule has 0 bridgehead atoms. The fraction of sp³-hybridized carbons (Fsp3) is 0.333. The van der Waals surface area contributed by atoms with E-state index < -0.39 is 53.7 Å². The summed E-state index contributed by atoms with van der Waals surface area (Å²) in [5, 5.41) is 10.7. The molecule has 12 heteroatoms. The van der Waals surface area contributed by atoms with Gasteiger partial charge in [0.05, 0.1) is 10.7 Å². The zero-order valence-electron chi connectivity index (χ0n) is 10.7. The molecule has 0 aliphatic heterocycles. The average molecular weight is 341 g/mol. The Morgan fingerprint density at radius 3 is 2.43 bits per heavy atom. The Hall–Kier alpha value is -1.63. The van der Waals surface area contributed by atoms with Crippen molar-refractivity contribution in [2.45, 2.75) is 4.90 Å². The average Bonchev–Trinajstić information content (AvgIpc) is 2.37. The van der Waals surface area contributed by atoms with Gasteiger partial charge in [-0.15, -0.1) is 0 Å². The van der Waals surface area contributed by atoms with Crippen LogP contribution >= 0.6 is 0 Å². The molecular formula is C9H12FN3O6S2. The van der Waals surface area contributed by atoms with E-state index in [4.69, 9.17) is 0 Å². The van der Waals surface area contributed by atoms with E-state index in [0.29, 0.717) is 0 Å². The monoisotopic (exact) mass is 341 g/mol. The lowest BCUT2D eigenvalue weighted by atomic mass is 10.3. The molecule has 9 nitrogen and oxygen atoms in total. The van der Waals surface area contributed by atoms with E-state index >= 15 is 0 Å². The van der Waals surface area contributed by atoms with Gasteiger partial charge < -0.3 is 0 Å². The molecule has 0 radical (unpaired) electrons. The molecule has 1 rings (SSSR count). The van der Waals surface area contributed by atoms with Gasteiger partial charge in [0.2, 0.25) is 25.9 Å². The Morgan fingerprint density at radius 2 is 1.90 bits per heavy atom. The fourth-order valence-corrected chi connectivity index (χ4v) is 3.29. The molecule has 0 unspecified atom stereocenters. The summed E-state index contributed by atoms with van der Waals surface area (Å²) in [7, 11) is -6.90. The second-order valence-electron chi connectivity index (χ2n) is 3.76. The quantitative estimate of drug-likeness (QED) is 0.510. The molecule has 0 atom stereocenters. The van der Waals surface area contributed by atoms with E-state index in [1.807, 2.05) is 9.44 Å². The van der Waals surface area contributed by atoms with Crippen LogP contribution in [-0.2, 0) is 20.0 Å². The molecule has 1 aromatic carbocycles. The fourth-order valence-electron chi connectivity index (χ4n) is 1.38. The molecule has 118 valence electrons. The molecule has 0 saturated heterocycles. The van der Waals surface area contributed by atoms with E-state index in [1.165, 1.54) is 0 Å². The molecule has 0 aliphatic carbocycles. The summed E-state index contributed by atoms with van der Waals surface area (Å²) in [6.07, 6.45) is 0. The lowest BCUT2D eigenvalue weighted by Crippen LogP contribution is -2.33. The van der Waals surface area contributed by atoms with Crippen LogP contribution in [0.3, 0.4) is 0 Å². The maximum atomic E-state index is 13.4. The highest BCUT2D eigenvalue weighted by Gasteiger charge is 2.29. The maximum Gasteiger partial charge on any atom is 0.324 e. The molecule has 0 heterocycles. The van der Waals surface area contributed by atoms with Crippen LogP contribution in [0.1, 0.15) is 0 Å². The first-order valence-electron chi connectivity index (χ1n) is 5.44. The number of hydrogen-bond donors (Lipinski definition) is 2. The van der Waals surface area contributed by atoms with Crippen LogP contribution in [0.4, 0.5) is 10.1 Å². The van der Waals surface area contributed by atoms with Crippen molar-refractivity contribution < 1.29 is 26.1 Å². The number of sulfonamides is 2. The Balaban J connectivity index is 3.05. The Labute approximate surface area is 120 Å². The minimum atomic E-state index is -4.41. The van der Waals surface area contributed by atoms with Crippen molar-refractivity contribution in [3.63, 3.8) is 0 Å². The third-order valence-corrected chi connectivity index (χ3v) is 5.25. The van der Waals surface area contributed by atoms with Crippen LogP contribution in [0.25, 0.3) is 0 Å². The van der Waals surface area contributed by atoms with Crippen LogP contribution < -0.4 is 9.44 Å². The van der Waals surface area contributed by atoms with Crippen molar-refractivity contribution >= 4 is 25.7 Å². The molecule has 1 aromatic rings. The second kappa shape index (κ2) is 6.43. The molecule has 0 saturated carbocycles. The van der Waals surface area contributed by atoms with Crippen molar-refractivity contribution in [3.8, 4) is 0 Å². The van der Waals surface area contributed by atoms with E-state index in [0.717, 1.165) is 25.2 Å². The van der Waals surface area contributed by atoms with Gasteiger partial charge in [0.15, 0.2) is 4.90 Å². The van der Waals surface area contributed by atoms with Crippen LogP contribution in [-0.4, -0.2) is 41.1 Å². The standard InChI is InChI=1S/C9H12FN3O6S2/c1-11-20(16,17)6-5-12-21(18,19)8-4-2-3-7(10)9(8)13(14)15/h2-4,11-12H,5-6H2,1H3. The minimum absolute atomic E-state index is 0.515. The van der Waals surface area contributed by atoms with Gasteiger partial charge in [-0.05, 0) is 19.2 Å². The topological polar surface area (TPSA) is 135 Å². The van der Waals surface area contributed by atoms with Gasteiger partial charge in [0, 0.05) is 6.54 Å². The summed E-state index contributed by atoms with van der Waals surface area (Å²) in [6, 6.07) is 2.61. The van der Waals surface area contributed by atoms with Gasteiger partial charge in [-0.1, -0.05) is 6.07 Å². The highest BCUT2D eigenvalue weighted by Crippen LogP contribution is 2.26. The van der Waals surface area contributed by atoms with Crippen molar-refractivity contribution in [2.75, 3.05) is 19.3 Å². The lowest BCUT2D eigenvalue weighted by molar-refractivity contribution is -0.390. The molecule has 0 spiro atoms. The molecule has 0 fully saturated rings. The minimum Gasteiger partial charge on any atom is -0.258 e. The predicted octanol–water partition coefficient (Wildman–Crippen LogP) is -0.439. The zero-order valence-corrected chi connectivity index (χ0v) is 12.4. The third kappa shape index (κ3) is 4.42. The van der Waals surface area contributed by atoms with Gasteiger partial charge in [-0.2, -0.15) is 4.39 Å².